The van der Waals surface area contributed by atoms with Crippen molar-refractivity contribution in [2.75, 3.05) is 14.2 Å². The summed E-state index contributed by atoms with van der Waals surface area (Å²) in [6, 6.07) is 0. The van der Waals surface area contributed by atoms with Crippen LogP contribution in [0.4, 0.5) is 0 Å². The average Bonchev–Trinajstić information content (AvgIpc) is 3.21. The number of aliphatic hydroxyl groups is 4. The Kier molecular flexibility index (Phi) is 18.3. The molecular formula is C47H68O17. The molecule has 0 aromatic heterocycles. The number of carbonyl (C=O) groups excluding carboxylic acids is 5. The molecular weight excluding hydrogens is 836 g/mol. The second-order valence-electron chi connectivity index (χ2n) is 18.2. The number of cyclic esters (lactones) is 1. The number of allylic oxidation sites excluding steroid dienone is 3. The molecule has 0 aliphatic carbocycles. The molecule has 4 aliphatic heterocycles. The van der Waals surface area contributed by atoms with E-state index >= 15 is 0 Å². The summed E-state index contributed by atoms with van der Waals surface area (Å²) in [5, 5.41) is 47.4. The van der Waals surface area contributed by atoms with Crippen molar-refractivity contribution in [1.82, 2.24) is 0 Å². The van der Waals surface area contributed by atoms with Crippen LogP contribution in [-0.4, -0.2) is 131 Å². The Balaban J connectivity index is 1.89. The van der Waals surface area contributed by atoms with Gasteiger partial charge in [0, 0.05) is 49.8 Å². The second-order valence-corrected chi connectivity index (χ2v) is 18.2. The lowest BCUT2D eigenvalue weighted by Gasteiger charge is -2.53. The molecule has 4 rings (SSSR count). The lowest BCUT2D eigenvalue weighted by molar-refractivity contribution is -0.347. The van der Waals surface area contributed by atoms with E-state index in [4.69, 9.17) is 37.9 Å². The van der Waals surface area contributed by atoms with Crippen molar-refractivity contribution >= 4 is 29.8 Å². The standard InChI is InChI=1S/C47H68O17/c1-10-11-12-13-14-15-39(51)62-42-31(24-41(53)58-9)23-34-25-37(28(2)48)61-43(54)36(50)17-16-33-26-38(59-29(3)49)45(6,7)46(55,63-33)27-35-21-30(22-40(52)57-8)20-32(60-35)18-19-44(4,5)47(42,56)64-34/h12-15,18-19,22,24,28,32-38,42,48,50,55-56H,10-11,16-17,20-21,23,25-27H2,1-9H3/b13-12+,15-14+,19-18-,30-22+,31-24+/t28-,32+,33-,34+,35+,36-,37-,38+,42+,46+,47-/m1/s1. The van der Waals surface area contributed by atoms with Gasteiger partial charge in [0.1, 0.15) is 12.2 Å². The van der Waals surface area contributed by atoms with Gasteiger partial charge in [0.05, 0.1) is 50.2 Å². The van der Waals surface area contributed by atoms with Crippen LogP contribution in [0.3, 0.4) is 0 Å². The minimum atomic E-state index is -2.48. The van der Waals surface area contributed by atoms with Gasteiger partial charge in [0.2, 0.25) is 5.79 Å². The van der Waals surface area contributed by atoms with Crippen LogP contribution < -0.4 is 0 Å². The SMILES string of the molecule is CCC/C=C/C=C/C(=O)O[C@H]1/C(=C/C(=O)OC)C[C@H]2C[C@H]([C@@H](C)O)OC(=O)[C@H](O)CC[C@@H]3C[C@H](OC(C)=O)C(C)(C)[C@](O)(C[C@@H]4C/C(=C/C(=O)OC)C[C@H](/C=C\C(C)(C)[C@]1(O)O2)O4)O3. The highest BCUT2D eigenvalue weighted by Gasteiger charge is 2.59. The van der Waals surface area contributed by atoms with Gasteiger partial charge >= 0.3 is 29.8 Å². The Hall–Kier alpha value is -4.23. The summed E-state index contributed by atoms with van der Waals surface area (Å²) in [5.41, 5.74) is -2.05. The Morgan fingerprint density at radius 2 is 1.58 bits per heavy atom. The van der Waals surface area contributed by atoms with Crippen molar-refractivity contribution in [3.8, 4) is 0 Å². The summed E-state index contributed by atoms with van der Waals surface area (Å²) in [6.45, 7) is 11.2. The van der Waals surface area contributed by atoms with Gasteiger partial charge in [-0.05, 0) is 51.0 Å². The van der Waals surface area contributed by atoms with Crippen molar-refractivity contribution in [2.24, 2.45) is 10.8 Å². The van der Waals surface area contributed by atoms with Gasteiger partial charge in [0.25, 0.3) is 0 Å². The van der Waals surface area contributed by atoms with E-state index in [1.165, 1.54) is 33.1 Å². The van der Waals surface area contributed by atoms with Gasteiger partial charge in [-0.15, -0.1) is 0 Å². The van der Waals surface area contributed by atoms with E-state index < -0.39 is 107 Å². The molecule has 0 aromatic rings. The predicted molar refractivity (Wildman–Crippen MR) is 228 cm³/mol. The molecule has 4 N–H and O–H groups in total. The maximum atomic E-state index is 13.5. The molecule has 17 heteroatoms. The number of ether oxygens (including phenoxy) is 8. The monoisotopic (exact) mass is 904 g/mol. The van der Waals surface area contributed by atoms with Crippen molar-refractivity contribution in [1.29, 1.82) is 0 Å². The number of aliphatic hydroxyl groups excluding tert-OH is 2. The summed E-state index contributed by atoms with van der Waals surface area (Å²) in [7, 11) is 2.40. The third-order valence-electron chi connectivity index (χ3n) is 12.5. The molecule has 17 nitrogen and oxygen atoms in total. The van der Waals surface area contributed by atoms with Crippen LogP contribution in [0.5, 0.6) is 0 Å². The summed E-state index contributed by atoms with van der Waals surface area (Å²) < 4.78 is 46.7. The molecule has 0 aromatic carbocycles. The molecule has 0 spiro atoms. The van der Waals surface area contributed by atoms with E-state index in [0.717, 1.165) is 32.1 Å². The number of rotatable bonds is 9. The van der Waals surface area contributed by atoms with Gasteiger partial charge in [-0.2, -0.15) is 0 Å². The quantitative estimate of drug-likeness (QED) is 0.0830. The zero-order valence-electron chi connectivity index (χ0n) is 38.5. The third-order valence-corrected chi connectivity index (χ3v) is 12.5. The summed E-state index contributed by atoms with van der Waals surface area (Å²) >= 11 is 0. The van der Waals surface area contributed by atoms with E-state index in [-0.39, 0.29) is 56.9 Å². The van der Waals surface area contributed by atoms with E-state index in [0.29, 0.717) is 5.57 Å². The lowest BCUT2D eigenvalue weighted by Crippen LogP contribution is -2.62. The van der Waals surface area contributed by atoms with Crippen LogP contribution in [0.2, 0.25) is 0 Å². The Morgan fingerprint density at radius 3 is 2.22 bits per heavy atom. The van der Waals surface area contributed by atoms with E-state index in [1.54, 1.807) is 45.9 Å². The van der Waals surface area contributed by atoms with Crippen molar-refractivity contribution in [3.63, 3.8) is 0 Å². The smallest absolute Gasteiger partial charge is 0.335 e. The maximum Gasteiger partial charge on any atom is 0.335 e. The van der Waals surface area contributed by atoms with E-state index in [9.17, 15) is 44.4 Å². The first kappa shape index (κ1) is 52.4. The van der Waals surface area contributed by atoms with Crippen LogP contribution in [0, 0.1) is 10.8 Å². The van der Waals surface area contributed by atoms with Crippen molar-refractivity contribution < 1.29 is 82.3 Å². The Morgan fingerprint density at radius 1 is 0.891 bits per heavy atom. The lowest BCUT2D eigenvalue weighted by atomic mass is 9.70. The average molecular weight is 905 g/mol. The fourth-order valence-corrected chi connectivity index (χ4v) is 8.50. The zero-order chi connectivity index (χ0) is 47.6. The molecule has 4 heterocycles. The van der Waals surface area contributed by atoms with Crippen molar-refractivity contribution in [2.45, 2.75) is 179 Å². The van der Waals surface area contributed by atoms with Crippen LogP contribution >= 0.6 is 0 Å². The first-order chi connectivity index (χ1) is 30.0. The second kappa shape index (κ2) is 22.3. The van der Waals surface area contributed by atoms with Crippen LogP contribution in [-0.2, 0) is 61.9 Å². The molecule has 0 saturated carbocycles. The molecule has 0 amide bonds. The van der Waals surface area contributed by atoms with Gasteiger partial charge in [-0.25, -0.2) is 19.2 Å². The summed E-state index contributed by atoms with van der Waals surface area (Å²) in [5.74, 6) is -8.47. The fourth-order valence-electron chi connectivity index (χ4n) is 8.50. The van der Waals surface area contributed by atoms with Crippen molar-refractivity contribution in [3.05, 3.63) is 59.8 Å². The summed E-state index contributed by atoms with van der Waals surface area (Å²) in [4.78, 5) is 64.7. The molecule has 3 fully saturated rings. The van der Waals surface area contributed by atoms with E-state index in [1.807, 2.05) is 13.0 Å². The third kappa shape index (κ3) is 13.2. The van der Waals surface area contributed by atoms with Gasteiger partial charge in [0.15, 0.2) is 18.0 Å². The number of hydrogen-bond acceptors (Lipinski definition) is 17. The maximum absolute atomic E-state index is 13.5. The molecule has 11 atom stereocenters. The number of methoxy groups -OCH3 is 2. The highest BCUT2D eigenvalue weighted by Crippen LogP contribution is 2.50. The molecule has 64 heavy (non-hydrogen) atoms. The molecule has 0 unspecified atom stereocenters. The minimum Gasteiger partial charge on any atom is -0.466 e. The van der Waals surface area contributed by atoms with Crippen LogP contribution in [0.15, 0.2) is 59.8 Å². The first-order valence-corrected chi connectivity index (χ1v) is 22.0. The fraction of sp³-hybridized carbons (Fsp3) is 0.681. The Labute approximate surface area is 375 Å². The number of carbonyl (C=O) groups is 5. The van der Waals surface area contributed by atoms with Gasteiger partial charge in [-0.3, -0.25) is 4.79 Å². The van der Waals surface area contributed by atoms with E-state index in [2.05, 4.69) is 0 Å². The number of hydrogen-bond donors (Lipinski definition) is 4. The molecule has 4 aliphatic rings. The minimum absolute atomic E-state index is 0.00993. The number of esters is 5. The topological polar surface area (TPSA) is 240 Å². The highest BCUT2D eigenvalue weighted by molar-refractivity contribution is 5.85. The predicted octanol–water partition coefficient (Wildman–Crippen LogP) is 4.28. The molecule has 358 valence electrons. The zero-order valence-corrected chi connectivity index (χ0v) is 38.5. The van der Waals surface area contributed by atoms with Crippen LogP contribution in [0.25, 0.3) is 0 Å². The Bertz CT molecular complexity index is 1830. The number of fused-ring (bicyclic) bond motifs is 6. The van der Waals surface area contributed by atoms with Gasteiger partial charge in [-0.1, -0.05) is 77.0 Å². The largest absolute Gasteiger partial charge is 0.466 e. The first-order valence-electron chi connectivity index (χ1n) is 22.0. The van der Waals surface area contributed by atoms with Gasteiger partial charge < -0.3 is 58.3 Å². The molecule has 6 bridgehead atoms. The van der Waals surface area contributed by atoms with Crippen LogP contribution in [0.1, 0.15) is 113 Å². The summed E-state index contributed by atoms with van der Waals surface area (Å²) in [6.07, 6.45) is 2.81. The normalized spacial score (nSPS) is 35.8. The number of unbranched alkanes of at least 4 members (excludes halogenated alkanes) is 1. The highest BCUT2D eigenvalue weighted by atomic mass is 16.7. The molecule has 3 saturated heterocycles. The molecule has 0 radical (unpaired) electrons.